The second-order valence-electron chi connectivity index (χ2n) is 6.83. The predicted octanol–water partition coefficient (Wildman–Crippen LogP) is 3.18. The Morgan fingerprint density at radius 3 is 2.36 bits per heavy atom. The lowest BCUT2D eigenvalue weighted by atomic mass is 9.97. The minimum atomic E-state index is -3.56. The highest BCUT2D eigenvalue weighted by molar-refractivity contribution is 7.89. The first-order valence-electron chi connectivity index (χ1n) is 9.02. The van der Waals surface area contributed by atoms with Gasteiger partial charge in [-0.05, 0) is 44.0 Å². The lowest BCUT2D eigenvalue weighted by molar-refractivity contribution is -0.120. The fourth-order valence-corrected chi connectivity index (χ4v) is 4.68. The Kier molecular flexibility index (Phi) is 6.00. The second-order valence-corrected chi connectivity index (χ2v) is 8.77. The quantitative estimate of drug-likeness (QED) is 0.828. The Bertz CT molecular complexity index is 953. The first kappa shape index (κ1) is 20.3. The van der Waals surface area contributed by atoms with Crippen LogP contribution in [-0.2, 0) is 14.8 Å². The molecular formula is C20H23FN2O4S. The average Bonchev–Trinajstić information content (AvgIpc) is 2.68. The zero-order valence-corrected chi connectivity index (χ0v) is 16.6. The van der Waals surface area contributed by atoms with E-state index in [2.05, 4.69) is 5.32 Å². The topological polar surface area (TPSA) is 75.7 Å². The van der Waals surface area contributed by atoms with Crippen LogP contribution in [0, 0.1) is 18.7 Å². The van der Waals surface area contributed by atoms with Crippen molar-refractivity contribution in [2.45, 2.75) is 24.7 Å². The maximum Gasteiger partial charge on any atom is 0.243 e. The number of rotatable bonds is 5. The van der Waals surface area contributed by atoms with Crippen LogP contribution in [0.15, 0.2) is 47.4 Å². The van der Waals surface area contributed by atoms with Gasteiger partial charge < -0.3 is 10.1 Å². The van der Waals surface area contributed by atoms with Crippen molar-refractivity contribution < 1.29 is 22.3 Å². The molecule has 150 valence electrons. The van der Waals surface area contributed by atoms with Crippen LogP contribution in [0.3, 0.4) is 0 Å². The third kappa shape index (κ3) is 4.34. The molecule has 1 aliphatic heterocycles. The van der Waals surface area contributed by atoms with E-state index in [-0.39, 0.29) is 35.6 Å². The number of nitrogens with one attached hydrogen (secondary N) is 1. The number of benzene rings is 2. The molecule has 1 N–H and O–H groups in total. The molecule has 1 fully saturated rings. The molecule has 0 atom stereocenters. The number of ether oxygens (including phenoxy) is 1. The van der Waals surface area contributed by atoms with Crippen LogP contribution in [0.1, 0.15) is 18.4 Å². The number of amides is 1. The van der Waals surface area contributed by atoms with E-state index in [4.69, 9.17) is 4.74 Å². The van der Waals surface area contributed by atoms with Crippen molar-refractivity contribution in [1.29, 1.82) is 0 Å². The molecule has 0 spiro atoms. The monoisotopic (exact) mass is 406 g/mol. The van der Waals surface area contributed by atoms with Crippen molar-refractivity contribution in [2.24, 2.45) is 5.92 Å². The summed E-state index contributed by atoms with van der Waals surface area (Å²) in [5.41, 5.74) is 1.34. The molecule has 1 heterocycles. The summed E-state index contributed by atoms with van der Waals surface area (Å²) < 4.78 is 45.5. The number of carbonyl (C=O) groups is 1. The van der Waals surface area contributed by atoms with Gasteiger partial charge in [0, 0.05) is 30.8 Å². The molecule has 2 aromatic carbocycles. The molecule has 1 saturated heterocycles. The highest BCUT2D eigenvalue weighted by Crippen LogP contribution is 2.26. The van der Waals surface area contributed by atoms with E-state index in [1.165, 1.54) is 23.5 Å². The number of sulfonamides is 1. The molecule has 1 aliphatic rings. The average molecular weight is 406 g/mol. The maximum absolute atomic E-state index is 13.8. The Morgan fingerprint density at radius 1 is 1.14 bits per heavy atom. The first-order valence-corrected chi connectivity index (χ1v) is 10.5. The molecule has 0 bridgehead atoms. The van der Waals surface area contributed by atoms with Gasteiger partial charge in [-0.1, -0.05) is 17.7 Å². The summed E-state index contributed by atoms with van der Waals surface area (Å²) in [5.74, 6) is -1.02. The third-order valence-corrected chi connectivity index (χ3v) is 6.82. The Labute approximate surface area is 164 Å². The van der Waals surface area contributed by atoms with Crippen molar-refractivity contribution >= 4 is 21.6 Å². The van der Waals surface area contributed by atoms with Crippen molar-refractivity contribution in [1.82, 2.24) is 4.31 Å². The minimum Gasteiger partial charge on any atom is -0.494 e. The van der Waals surface area contributed by atoms with Crippen molar-refractivity contribution in [3.05, 3.63) is 53.8 Å². The number of halogens is 1. The van der Waals surface area contributed by atoms with Crippen molar-refractivity contribution in [2.75, 3.05) is 25.5 Å². The molecular weight excluding hydrogens is 383 g/mol. The standard InChI is InChI=1S/C20H23FN2O4S/c1-14-3-6-17(7-4-14)28(25,26)23-11-9-15(10-12-23)20(24)22-16-5-8-19(27-2)18(21)13-16/h3-8,13,15H,9-12H2,1-2H3,(H,22,24). The van der Waals surface area contributed by atoms with Gasteiger partial charge in [0.2, 0.25) is 15.9 Å². The summed E-state index contributed by atoms with van der Waals surface area (Å²) in [6.45, 7) is 2.44. The number of nitrogens with zero attached hydrogens (tertiary/aromatic N) is 1. The molecule has 0 aromatic heterocycles. The van der Waals surface area contributed by atoms with E-state index < -0.39 is 15.8 Å². The number of methoxy groups -OCH3 is 1. The zero-order chi connectivity index (χ0) is 20.3. The van der Waals surface area contributed by atoms with Gasteiger partial charge in [0.15, 0.2) is 11.6 Å². The summed E-state index contributed by atoms with van der Waals surface area (Å²) in [4.78, 5) is 12.7. The molecule has 2 aromatic rings. The van der Waals surface area contributed by atoms with Gasteiger partial charge in [-0.3, -0.25) is 4.79 Å². The van der Waals surface area contributed by atoms with Crippen LogP contribution in [0.5, 0.6) is 5.75 Å². The van der Waals surface area contributed by atoms with Crippen LogP contribution in [0.25, 0.3) is 0 Å². The third-order valence-electron chi connectivity index (χ3n) is 4.90. The van der Waals surface area contributed by atoms with E-state index in [0.29, 0.717) is 18.5 Å². The molecule has 3 rings (SSSR count). The summed E-state index contributed by atoms with van der Waals surface area (Å²) in [7, 11) is -2.19. The van der Waals surface area contributed by atoms with Crippen LogP contribution in [0.2, 0.25) is 0 Å². The number of anilines is 1. The molecule has 0 unspecified atom stereocenters. The van der Waals surface area contributed by atoms with E-state index >= 15 is 0 Å². The van der Waals surface area contributed by atoms with E-state index in [0.717, 1.165) is 5.56 Å². The van der Waals surface area contributed by atoms with Crippen LogP contribution in [0.4, 0.5) is 10.1 Å². The van der Waals surface area contributed by atoms with Gasteiger partial charge in [0.05, 0.1) is 12.0 Å². The highest BCUT2D eigenvalue weighted by Gasteiger charge is 2.32. The van der Waals surface area contributed by atoms with Gasteiger partial charge in [-0.2, -0.15) is 4.31 Å². The van der Waals surface area contributed by atoms with Crippen LogP contribution in [-0.4, -0.2) is 38.8 Å². The summed E-state index contributed by atoms with van der Waals surface area (Å²) in [6.07, 6.45) is 0.825. The number of piperidine rings is 1. The lowest BCUT2D eigenvalue weighted by Crippen LogP contribution is -2.41. The molecule has 6 nitrogen and oxygen atoms in total. The fourth-order valence-electron chi connectivity index (χ4n) is 3.21. The molecule has 1 amide bonds. The molecule has 0 saturated carbocycles. The zero-order valence-electron chi connectivity index (χ0n) is 15.8. The summed E-state index contributed by atoms with van der Waals surface area (Å²) in [5, 5.41) is 2.69. The van der Waals surface area contributed by atoms with E-state index in [1.807, 2.05) is 6.92 Å². The summed E-state index contributed by atoms with van der Waals surface area (Å²) >= 11 is 0. The van der Waals surface area contributed by atoms with Crippen molar-refractivity contribution in [3.8, 4) is 5.75 Å². The van der Waals surface area contributed by atoms with Crippen LogP contribution < -0.4 is 10.1 Å². The smallest absolute Gasteiger partial charge is 0.243 e. The van der Waals surface area contributed by atoms with E-state index in [1.54, 1.807) is 30.3 Å². The number of carbonyl (C=O) groups excluding carboxylic acids is 1. The minimum absolute atomic E-state index is 0.104. The molecule has 8 heteroatoms. The normalized spacial score (nSPS) is 16.0. The van der Waals surface area contributed by atoms with E-state index in [9.17, 15) is 17.6 Å². The molecule has 28 heavy (non-hydrogen) atoms. The van der Waals surface area contributed by atoms with Gasteiger partial charge in [0.25, 0.3) is 0 Å². The summed E-state index contributed by atoms with van der Waals surface area (Å²) in [6, 6.07) is 10.9. The van der Waals surface area contributed by atoms with Crippen molar-refractivity contribution in [3.63, 3.8) is 0 Å². The molecule has 0 aliphatic carbocycles. The number of hydrogen-bond acceptors (Lipinski definition) is 4. The van der Waals surface area contributed by atoms with Gasteiger partial charge in [-0.25, -0.2) is 12.8 Å². The Morgan fingerprint density at radius 2 is 1.79 bits per heavy atom. The lowest BCUT2D eigenvalue weighted by Gasteiger charge is -2.30. The largest absolute Gasteiger partial charge is 0.494 e. The van der Waals surface area contributed by atoms with Gasteiger partial charge >= 0.3 is 0 Å². The predicted molar refractivity (Wildman–Crippen MR) is 104 cm³/mol. The van der Waals surface area contributed by atoms with Crippen LogP contribution >= 0.6 is 0 Å². The fraction of sp³-hybridized carbons (Fsp3) is 0.350. The Balaban J connectivity index is 1.61. The maximum atomic E-state index is 13.8. The number of aryl methyl sites for hydroxylation is 1. The van der Waals surface area contributed by atoms with Gasteiger partial charge in [0.1, 0.15) is 0 Å². The first-order chi connectivity index (χ1) is 13.3. The van der Waals surface area contributed by atoms with Gasteiger partial charge in [-0.15, -0.1) is 0 Å². The second kappa shape index (κ2) is 8.28. The molecule has 0 radical (unpaired) electrons. The Hall–Kier alpha value is -2.45. The highest BCUT2D eigenvalue weighted by atomic mass is 32.2. The SMILES string of the molecule is COc1ccc(NC(=O)C2CCN(S(=O)(=O)c3ccc(C)cc3)CC2)cc1F. The number of hydrogen-bond donors (Lipinski definition) is 1.